The van der Waals surface area contributed by atoms with Gasteiger partial charge in [0.15, 0.2) is 0 Å². The smallest absolute Gasteiger partial charge is 0.310 e. The first kappa shape index (κ1) is 14.5. The molecule has 0 aliphatic rings. The lowest BCUT2D eigenvalue weighted by atomic mass is 9.76. The average Bonchev–Trinajstić information content (AvgIpc) is 2.27. The summed E-state index contributed by atoms with van der Waals surface area (Å²) >= 11 is 0. The van der Waals surface area contributed by atoms with Crippen molar-refractivity contribution in [2.45, 2.75) is 26.4 Å². The number of rotatable bonds is 5. The first-order chi connectivity index (χ1) is 8.30. The van der Waals surface area contributed by atoms with Gasteiger partial charge in [-0.2, -0.15) is 0 Å². The summed E-state index contributed by atoms with van der Waals surface area (Å²) in [7, 11) is 1.53. The first-order valence-corrected chi connectivity index (χ1v) is 5.90. The Kier molecular flexibility index (Phi) is 4.35. The number of ether oxygens (including phenoxy) is 1. The summed E-state index contributed by atoms with van der Waals surface area (Å²) in [6.45, 7) is 5.10. The van der Waals surface area contributed by atoms with Crippen LogP contribution < -0.4 is 4.74 Å². The van der Waals surface area contributed by atoms with Gasteiger partial charge >= 0.3 is 5.97 Å². The van der Waals surface area contributed by atoms with Crippen LogP contribution in [0.15, 0.2) is 24.3 Å². The van der Waals surface area contributed by atoms with E-state index in [0.717, 1.165) is 0 Å². The SMILES string of the molecule is COc1cccc(C(C)(O)C(C(=O)O)C(C)C)c1. The minimum Gasteiger partial charge on any atom is -0.497 e. The van der Waals surface area contributed by atoms with Crippen LogP contribution in [0.2, 0.25) is 0 Å². The molecule has 0 aliphatic heterocycles. The molecular formula is C14H20O4. The fourth-order valence-corrected chi connectivity index (χ4v) is 2.29. The lowest BCUT2D eigenvalue weighted by Gasteiger charge is -2.33. The topological polar surface area (TPSA) is 66.8 Å². The van der Waals surface area contributed by atoms with Gasteiger partial charge in [0.1, 0.15) is 11.4 Å². The Morgan fingerprint density at radius 2 is 2.00 bits per heavy atom. The van der Waals surface area contributed by atoms with Gasteiger partial charge in [0.2, 0.25) is 0 Å². The van der Waals surface area contributed by atoms with Crippen molar-refractivity contribution in [2.75, 3.05) is 7.11 Å². The zero-order valence-corrected chi connectivity index (χ0v) is 11.2. The third kappa shape index (κ3) is 2.82. The van der Waals surface area contributed by atoms with Crippen LogP contribution in [0.1, 0.15) is 26.3 Å². The zero-order chi connectivity index (χ0) is 13.9. The Balaban J connectivity index is 3.21. The van der Waals surface area contributed by atoms with Crippen molar-refractivity contribution in [3.63, 3.8) is 0 Å². The summed E-state index contributed by atoms with van der Waals surface area (Å²) in [5.41, 5.74) is -0.892. The Hall–Kier alpha value is -1.55. The molecule has 2 unspecified atom stereocenters. The summed E-state index contributed by atoms with van der Waals surface area (Å²) in [6, 6.07) is 6.87. The van der Waals surface area contributed by atoms with E-state index in [0.29, 0.717) is 11.3 Å². The number of carbonyl (C=O) groups is 1. The molecule has 0 amide bonds. The van der Waals surface area contributed by atoms with Crippen molar-refractivity contribution in [3.8, 4) is 5.75 Å². The number of carboxylic acids is 1. The van der Waals surface area contributed by atoms with Crippen LogP contribution in [0.4, 0.5) is 0 Å². The fourth-order valence-electron chi connectivity index (χ4n) is 2.29. The van der Waals surface area contributed by atoms with E-state index in [4.69, 9.17) is 4.74 Å². The molecule has 2 atom stereocenters. The second kappa shape index (κ2) is 5.40. The normalized spacial score (nSPS) is 16.1. The first-order valence-electron chi connectivity index (χ1n) is 5.90. The van der Waals surface area contributed by atoms with E-state index in [1.165, 1.54) is 14.0 Å². The second-order valence-corrected chi connectivity index (χ2v) is 4.94. The van der Waals surface area contributed by atoms with Gasteiger partial charge in [-0.25, -0.2) is 0 Å². The van der Waals surface area contributed by atoms with E-state index in [-0.39, 0.29) is 5.92 Å². The number of carboxylic acid groups (broad SMARTS) is 1. The molecule has 0 aliphatic carbocycles. The van der Waals surface area contributed by atoms with Crippen molar-refractivity contribution in [1.82, 2.24) is 0 Å². The van der Waals surface area contributed by atoms with Crippen LogP contribution in [-0.4, -0.2) is 23.3 Å². The van der Waals surface area contributed by atoms with Gasteiger partial charge in [0, 0.05) is 0 Å². The molecule has 0 saturated heterocycles. The van der Waals surface area contributed by atoms with Crippen LogP contribution in [-0.2, 0) is 10.4 Å². The van der Waals surface area contributed by atoms with Gasteiger partial charge in [-0.3, -0.25) is 4.79 Å². The van der Waals surface area contributed by atoms with E-state index in [2.05, 4.69) is 0 Å². The second-order valence-electron chi connectivity index (χ2n) is 4.94. The number of hydrogen-bond donors (Lipinski definition) is 2. The molecule has 18 heavy (non-hydrogen) atoms. The van der Waals surface area contributed by atoms with Crippen LogP contribution in [0.3, 0.4) is 0 Å². The van der Waals surface area contributed by atoms with E-state index >= 15 is 0 Å². The minimum atomic E-state index is -1.44. The monoisotopic (exact) mass is 252 g/mol. The molecular weight excluding hydrogens is 232 g/mol. The lowest BCUT2D eigenvalue weighted by Crippen LogP contribution is -2.40. The molecule has 0 saturated carbocycles. The summed E-state index contributed by atoms with van der Waals surface area (Å²) in [4.78, 5) is 11.3. The number of hydrogen-bond acceptors (Lipinski definition) is 3. The highest BCUT2D eigenvalue weighted by atomic mass is 16.5. The zero-order valence-electron chi connectivity index (χ0n) is 11.2. The Bertz CT molecular complexity index is 424. The molecule has 1 rings (SSSR count). The standard InChI is InChI=1S/C14H20O4/c1-9(2)12(13(15)16)14(3,17)10-6-5-7-11(8-10)18-4/h5-9,12,17H,1-4H3,(H,15,16). The summed E-state index contributed by atoms with van der Waals surface area (Å²) < 4.78 is 5.09. The molecule has 100 valence electrons. The molecule has 1 aromatic carbocycles. The van der Waals surface area contributed by atoms with Gasteiger partial charge in [0.05, 0.1) is 13.0 Å². The Morgan fingerprint density at radius 1 is 1.39 bits per heavy atom. The van der Waals surface area contributed by atoms with E-state index in [1.807, 2.05) is 0 Å². The Labute approximate surface area is 107 Å². The van der Waals surface area contributed by atoms with E-state index in [9.17, 15) is 15.0 Å². The van der Waals surface area contributed by atoms with Gasteiger partial charge in [-0.05, 0) is 30.5 Å². The molecule has 4 nitrogen and oxygen atoms in total. The minimum absolute atomic E-state index is 0.177. The molecule has 0 heterocycles. The highest BCUT2D eigenvalue weighted by Crippen LogP contribution is 2.35. The van der Waals surface area contributed by atoms with Crippen molar-refractivity contribution in [3.05, 3.63) is 29.8 Å². The van der Waals surface area contributed by atoms with E-state index in [1.54, 1.807) is 38.1 Å². The molecule has 0 bridgehead atoms. The molecule has 2 N–H and O–H groups in total. The van der Waals surface area contributed by atoms with Gasteiger partial charge < -0.3 is 14.9 Å². The van der Waals surface area contributed by atoms with Crippen molar-refractivity contribution >= 4 is 5.97 Å². The van der Waals surface area contributed by atoms with Crippen LogP contribution in [0, 0.1) is 11.8 Å². The maximum atomic E-state index is 11.3. The number of aliphatic carboxylic acids is 1. The molecule has 0 fully saturated rings. The molecule has 0 radical (unpaired) electrons. The maximum absolute atomic E-state index is 11.3. The van der Waals surface area contributed by atoms with Crippen LogP contribution in [0.25, 0.3) is 0 Å². The predicted molar refractivity (Wildman–Crippen MR) is 68.5 cm³/mol. The predicted octanol–water partition coefficient (Wildman–Crippen LogP) is 2.26. The highest BCUT2D eigenvalue weighted by Gasteiger charge is 2.41. The summed E-state index contributed by atoms with van der Waals surface area (Å²) in [5, 5.41) is 19.8. The van der Waals surface area contributed by atoms with Gasteiger partial charge in [-0.15, -0.1) is 0 Å². The third-order valence-corrected chi connectivity index (χ3v) is 3.19. The molecule has 4 heteroatoms. The molecule has 0 aromatic heterocycles. The lowest BCUT2D eigenvalue weighted by molar-refractivity contribution is -0.155. The fraction of sp³-hybridized carbons (Fsp3) is 0.500. The van der Waals surface area contributed by atoms with E-state index < -0.39 is 17.5 Å². The Morgan fingerprint density at radius 3 is 2.44 bits per heavy atom. The average molecular weight is 252 g/mol. The van der Waals surface area contributed by atoms with Crippen LogP contribution >= 0.6 is 0 Å². The summed E-state index contributed by atoms with van der Waals surface area (Å²) in [5.74, 6) is -1.45. The van der Waals surface area contributed by atoms with Crippen molar-refractivity contribution < 1.29 is 19.7 Å². The van der Waals surface area contributed by atoms with Crippen molar-refractivity contribution in [1.29, 1.82) is 0 Å². The quantitative estimate of drug-likeness (QED) is 0.843. The largest absolute Gasteiger partial charge is 0.497 e. The summed E-state index contributed by atoms with van der Waals surface area (Å²) in [6.07, 6.45) is 0. The number of methoxy groups -OCH3 is 1. The van der Waals surface area contributed by atoms with Crippen LogP contribution in [0.5, 0.6) is 5.75 Å². The maximum Gasteiger partial charge on any atom is 0.310 e. The molecule has 1 aromatic rings. The number of benzene rings is 1. The van der Waals surface area contributed by atoms with Crippen molar-refractivity contribution in [2.24, 2.45) is 11.8 Å². The van der Waals surface area contributed by atoms with Gasteiger partial charge in [0.25, 0.3) is 0 Å². The number of aliphatic hydroxyl groups is 1. The highest BCUT2D eigenvalue weighted by molar-refractivity contribution is 5.72. The third-order valence-electron chi connectivity index (χ3n) is 3.19. The molecule has 0 spiro atoms. The van der Waals surface area contributed by atoms with Gasteiger partial charge in [-0.1, -0.05) is 26.0 Å².